The van der Waals surface area contributed by atoms with Crippen molar-refractivity contribution >= 4 is 11.4 Å². The van der Waals surface area contributed by atoms with E-state index in [4.69, 9.17) is 15.2 Å². The van der Waals surface area contributed by atoms with Crippen LogP contribution in [0.1, 0.15) is 25.0 Å². The van der Waals surface area contributed by atoms with E-state index >= 15 is 0 Å². The maximum absolute atomic E-state index is 11.2. The van der Waals surface area contributed by atoms with Crippen LogP contribution in [0, 0.1) is 15.5 Å². The molecule has 0 saturated carbocycles. The van der Waals surface area contributed by atoms with Crippen molar-refractivity contribution < 1.29 is 14.4 Å². The minimum absolute atomic E-state index is 0.114. The van der Waals surface area contributed by atoms with E-state index in [-0.39, 0.29) is 16.8 Å². The lowest BCUT2D eigenvalue weighted by atomic mass is 9.90. The van der Waals surface area contributed by atoms with Crippen molar-refractivity contribution in [3.8, 4) is 0 Å². The van der Waals surface area contributed by atoms with Gasteiger partial charge in [-0.25, -0.2) is 0 Å². The summed E-state index contributed by atoms with van der Waals surface area (Å²) in [5.74, 6) is -1.17. The van der Waals surface area contributed by atoms with Gasteiger partial charge in [-0.3, -0.25) is 10.1 Å². The first kappa shape index (κ1) is 16.4. The van der Waals surface area contributed by atoms with Crippen LogP contribution in [0.5, 0.6) is 0 Å². The second-order valence-corrected chi connectivity index (χ2v) is 6.75. The van der Waals surface area contributed by atoms with E-state index < -0.39 is 10.7 Å². The van der Waals surface area contributed by atoms with Crippen molar-refractivity contribution in [2.75, 3.05) is 18.9 Å². The molecular weight excluding hydrogens is 308 g/mol. The number of nitro groups is 1. The Balaban J connectivity index is 2.13. The minimum atomic E-state index is -1.17. The fourth-order valence-corrected chi connectivity index (χ4v) is 2.74. The second-order valence-electron chi connectivity index (χ2n) is 6.75. The lowest BCUT2D eigenvalue weighted by Crippen LogP contribution is -2.46. The first-order valence-corrected chi connectivity index (χ1v) is 7.72. The first-order valence-electron chi connectivity index (χ1n) is 7.72. The van der Waals surface area contributed by atoms with Crippen LogP contribution in [0.3, 0.4) is 0 Å². The number of anilines is 1. The van der Waals surface area contributed by atoms with Crippen molar-refractivity contribution in [3.05, 3.63) is 69.8 Å². The zero-order valence-electron chi connectivity index (χ0n) is 13.7. The number of nitrogens with zero attached hydrogens (tertiary/aromatic N) is 1. The van der Waals surface area contributed by atoms with E-state index in [0.29, 0.717) is 18.8 Å². The summed E-state index contributed by atoms with van der Waals surface area (Å²) in [6.45, 7) is 5.04. The fourth-order valence-electron chi connectivity index (χ4n) is 2.74. The van der Waals surface area contributed by atoms with E-state index in [9.17, 15) is 10.1 Å². The van der Waals surface area contributed by atoms with Gasteiger partial charge in [0.2, 0.25) is 5.79 Å². The monoisotopic (exact) mass is 328 g/mol. The van der Waals surface area contributed by atoms with Gasteiger partial charge in [0, 0.05) is 22.6 Å². The number of hydrogen-bond acceptors (Lipinski definition) is 5. The molecule has 0 aliphatic carbocycles. The molecule has 1 saturated heterocycles. The summed E-state index contributed by atoms with van der Waals surface area (Å²) in [4.78, 5) is 10.7. The van der Waals surface area contributed by atoms with Crippen molar-refractivity contribution in [2.45, 2.75) is 19.6 Å². The van der Waals surface area contributed by atoms with Crippen LogP contribution >= 0.6 is 0 Å². The Hall–Kier alpha value is -2.44. The van der Waals surface area contributed by atoms with Crippen LogP contribution in [-0.4, -0.2) is 18.1 Å². The highest BCUT2D eigenvalue weighted by Crippen LogP contribution is 2.43. The number of nitro benzene ring substituents is 1. The van der Waals surface area contributed by atoms with Gasteiger partial charge < -0.3 is 15.2 Å². The smallest absolute Gasteiger partial charge is 0.292 e. The molecule has 0 atom stereocenters. The molecule has 24 heavy (non-hydrogen) atoms. The first-order chi connectivity index (χ1) is 11.3. The van der Waals surface area contributed by atoms with Crippen molar-refractivity contribution in [2.24, 2.45) is 5.41 Å². The van der Waals surface area contributed by atoms with E-state index in [0.717, 1.165) is 5.56 Å². The van der Waals surface area contributed by atoms with Gasteiger partial charge in [-0.2, -0.15) is 0 Å². The van der Waals surface area contributed by atoms with Crippen molar-refractivity contribution in [1.82, 2.24) is 0 Å². The fraction of sp³-hybridized carbons (Fsp3) is 0.333. The van der Waals surface area contributed by atoms with Crippen LogP contribution in [0.25, 0.3) is 0 Å². The Labute approximate surface area is 140 Å². The largest absolute Gasteiger partial charge is 0.393 e. The third-order valence-corrected chi connectivity index (χ3v) is 4.09. The molecule has 2 N–H and O–H groups in total. The van der Waals surface area contributed by atoms with Gasteiger partial charge in [0.25, 0.3) is 5.69 Å². The lowest BCUT2D eigenvalue weighted by Gasteiger charge is -2.43. The van der Waals surface area contributed by atoms with Crippen LogP contribution in [0.2, 0.25) is 0 Å². The molecule has 0 bridgehead atoms. The lowest BCUT2D eigenvalue weighted by molar-refractivity contribution is -0.384. The molecule has 2 aromatic carbocycles. The minimum Gasteiger partial charge on any atom is -0.393 e. The number of nitrogen functional groups attached to an aromatic ring is 1. The molecule has 126 valence electrons. The van der Waals surface area contributed by atoms with E-state index in [1.54, 1.807) is 6.07 Å². The summed E-state index contributed by atoms with van der Waals surface area (Å²) in [5.41, 5.74) is 6.91. The number of ether oxygens (including phenoxy) is 2. The molecule has 3 rings (SSSR count). The number of rotatable bonds is 3. The maximum atomic E-state index is 11.2. The summed E-state index contributed by atoms with van der Waals surface area (Å²) < 4.78 is 12.3. The number of benzene rings is 2. The summed E-state index contributed by atoms with van der Waals surface area (Å²) >= 11 is 0. The predicted molar refractivity (Wildman–Crippen MR) is 90.4 cm³/mol. The normalized spacial score (nSPS) is 18.9. The van der Waals surface area contributed by atoms with Crippen LogP contribution in [-0.2, 0) is 15.3 Å². The molecule has 0 amide bonds. The maximum Gasteiger partial charge on any atom is 0.292 e. The predicted octanol–water partition coefficient (Wildman–Crippen LogP) is 3.45. The van der Waals surface area contributed by atoms with Crippen LogP contribution in [0.4, 0.5) is 11.4 Å². The van der Waals surface area contributed by atoms with Crippen molar-refractivity contribution in [1.29, 1.82) is 0 Å². The Morgan fingerprint density at radius 3 is 2.25 bits per heavy atom. The SMILES string of the molecule is CC1(C)COC(c2ccccc2)(c2ccc(N)c([N+](=O)[O-])c2)OC1. The molecule has 0 spiro atoms. The molecule has 0 unspecified atom stereocenters. The van der Waals surface area contributed by atoms with Crippen LogP contribution in [0.15, 0.2) is 48.5 Å². The molecule has 1 fully saturated rings. The summed E-state index contributed by atoms with van der Waals surface area (Å²) in [6.07, 6.45) is 0. The van der Waals surface area contributed by atoms with Gasteiger partial charge in [-0.05, 0) is 6.07 Å². The van der Waals surface area contributed by atoms with Gasteiger partial charge in [0.15, 0.2) is 0 Å². The molecular formula is C18H20N2O4. The second kappa shape index (κ2) is 5.89. The summed E-state index contributed by atoms with van der Waals surface area (Å²) in [6, 6.07) is 14.1. The van der Waals surface area contributed by atoms with E-state index in [1.807, 2.05) is 44.2 Å². The number of nitrogens with two attached hydrogens (primary N) is 1. The topological polar surface area (TPSA) is 87.6 Å². The van der Waals surface area contributed by atoms with Gasteiger partial charge in [0.05, 0.1) is 18.1 Å². The highest BCUT2D eigenvalue weighted by Gasteiger charge is 2.44. The highest BCUT2D eigenvalue weighted by molar-refractivity contribution is 5.60. The Kier molecular flexibility index (Phi) is 4.03. The molecule has 6 nitrogen and oxygen atoms in total. The molecule has 2 aromatic rings. The quantitative estimate of drug-likeness (QED) is 0.529. The molecule has 1 heterocycles. The number of hydrogen-bond donors (Lipinski definition) is 1. The average molecular weight is 328 g/mol. The molecule has 1 aliphatic rings. The average Bonchev–Trinajstić information content (AvgIpc) is 2.56. The Bertz CT molecular complexity index is 749. The van der Waals surface area contributed by atoms with Gasteiger partial charge in [0.1, 0.15) is 5.69 Å². The third kappa shape index (κ3) is 2.86. The third-order valence-electron chi connectivity index (χ3n) is 4.09. The standard InChI is InChI=1S/C18H20N2O4/c1-17(2)11-23-18(24-12-17,13-6-4-3-5-7-13)14-8-9-15(19)16(10-14)20(21)22/h3-10H,11-12,19H2,1-2H3. The zero-order chi connectivity index (χ0) is 17.4. The molecule has 1 aliphatic heterocycles. The summed E-state index contributed by atoms with van der Waals surface area (Å²) in [5, 5.41) is 11.2. The zero-order valence-corrected chi connectivity index (χ0v) is 13.7. The molecule has 6 heteroatoms. The van der Waals surface area contributed by atoms with Gasteiger partial charge in [-0.15, -0.1) is 0 Å². The van der Waals surface area contributed by atoms with Gasteiger partial charge in [-0.1, -0.05) is 50.2 Å². The molecule has 0 aromatic heterocycles. The van der Waals surface area contributed by atoms with Gasteiger partial charge >= 0.3 is 0 Å². The van der Waals surface area contributed by atoms with Crippen LogP contribution < -0.4 is 5.73 Å². The molecule has 0 radical (unpaired) electrons. The Morgan fingerprint density at radius 2 is 1.67 bits per heavy atom. The van der Waals surface area contributed by atoms with E-state index in [2.05, 4.69) is 0 Å². The summed E-state index contributed by atoms with van der Waals surface area (Å²) in [7, 11) is 0. The Morgan fingerprint density at radius 1 is 1.04 bits per heavy atom. The van der Waals surface area contributed by atoms with E-state index in [1.165, 1.54) is 12.1 Å². The highest BCUT2D eigenvalue weighted by atomic mass is 16.7. The van der Waals surface area contributed by atoms with Crippen molar-refractivity contribution in [3.63, 3.8) is 0 Å².